The Morgan fingerprint density at radius 1 is 0.848 bits per heavy atom. The van der Waals surface area contributed by atoms with Crippen LogP contribution >= 0.6 is 0 Å². The number of piperidine rings is 1. The van der Waals surface area contributed by atoms with Gasteiger partial charge in [0.15, 0.2) is 0 Å². The highest BCUT2D eigenvalue weighted by Gasteiger charge is 2.40. The summed E-state index contributed by atoms with van der Waals surface area (Å²) in [6.07, 6.45) is 6.26. The molecule has 1 spiro atoms. The van der Waals surface area contributed by atoms with Crippen LogP contribution in [0, 0.1) is 0 Å². The van der Waals surface area contributed by atoms with Crippen molar-refractivity contribution in [1.82, 2.24) is 4.90 Å². The van der Waals surface area contributed by atoms with Crippen LogP contribution in [-0.2, 0) is 10.2 Å². The van der Waals surface area contributed by atoms with Gasteiger partial charge in [-0.1, -0.05) is 72.8 Å². The summed E-state index contributed by atoms with van der Waals surface area (Å²) in [5.41, 5.74) is 7.16. The first kappa shape index (κ1) is 21.5. The number of hydrogen-bond acceptors (Lipinski definition) is 2. The van der Waals surface area contributed by atoms with Crippen molar-refractivity contribution in [2.45, 2.75) is 44.6 Å². The predicted molar refractivity (Wildman–Crippen MR) is 135 cm³/mol. The number of allylic oxidation sites excluding steroid dienone is 1. The highest BCUT2D eigenvalue weighted by atomic mass is 16.6. The van der Waals surface area contributed by atoms with Crippen LogP contribution in [0.25, 0.3) is 28.3 Å². The van der Waals surface area contributed by atoms with E-state index < -0.39 is 5.60 Å². The Morgan fingerprint density at radius 2 is 1.39 bits per heavy atom. The van der Waals surface area contributed by atoms with E-state index in [1.807, 2.05) is 25.7 Å². The van der Waals surface area contributed by atoms with E-state index in [0.717, 1.165) is 12.8 Å². The molecule has 0 unspecified atom stereocenters. The fourth-order valence-electron chi connectivity index (χ4n) is 5.09. The van der Waals surface area contributed by atoms with Crippen LogP contribution in [0.2, 0.25) is 0 Å². The molecule has 0 bridgehead atoms. The van der Waals surface area contributed by atoms with Gasteiger partial charge in [-0.3, -0.25) is 0 Å². The molecule has 1 aliphatic carbocycles. The SMILES string of the molecule is CC(C)(C)OC(=O)N1CCC2(C=Cc3cc(-c4ccccc4)c(-c4ccccc4)cc32)CC1. The number of likely N-dealkylation sites (tertiary alicyclic amines) is 1. The molecule has 0 saturated carbocycles. The number of nitrogens with zero attached hydrogens (tertiary/aromatic N) is 1. The van der Waals surface area contributed by atoms with E-state index in [4.69, 9.17) is 4.74 Å². The molecule has 1 aliphatic heterocycles. The summed E-state index contributed by atoms with van der Waals surface area (Å²) in [4.78, 5) is 14.4. The molecule has 1 heterocycles. The zero-order valence-corrected chi connectivity index (χ0v) is 19.7. The number of hydrogen-bond donors (Lipinski definition) is 0. The first-order chi connectivity index (χ1) is 15.8. The Labute approximate surface area is 196 Å². The van der Waals surface area contributed by atoms with Gasteiger partial charge in [0.05, 0.1) is 0 Å². The van der Waals surface area contributed by atoms with Crippen molar-refractivity contribution in [2.24, 2.45) is 0 Å². The van der Waals surface area contributed by atoms with Crippen LogP contribution in [0.3, 0.4) is 0 Å². The first-order valence-corrected chi connectivity index (χ1v) is 11.8. The van der Waals surface area contributed by atoms with Crippen LogP contribution in [0.15, 0.2) is 78.9 Å². The lowest BCUT2D eigenvalue weighted by Gasteiger charge is -2.39. The van der Waals surface area contributed by atoms with Crippen molar-refractivity contribution in [3.63, 3.8) is 0 Å². The van der Waals surface area contributed by atoms with E-state index in [9.17, 15) is 4.79 Å². The first-order valence-electron chi connectivity index (χ1n) is 11.8. The van der Waals surface area contributed by atoms with Gasteiger partial charge in [-0.2, -0.15) is 0 Å². The molecular formula is C30H31NO2. The zero-order valence-electron chi connectivity index (χ0n) is 19.7. The summed E-state index contributed by atoms with van der Waals surface area (Å²) in [6.45, 7) is 7.17. The molecule has 1 fully saturated rings. The molecule has 0 radical (unpaired) electrons. The Kier molecular flexibility index (Phi) is 5.36. The predicted octanol–water partition coefficient (Wildman–Crippen LogP) is 7.32. The Morgan fingerprint density at radius 3 is 1.94 bits per heavy atom. The normalized spacial score (nSPS) is 16.6. The summed E-state index contributed by atoms with van der Waals surface area (Å²) in [5.74, 6) is 0. The molecule has 3 nitrogen and oxygen atoms in total. The summed E-state index contributed by atoms with van der Waals surface area (Å²) < 4.78 is 5.61. The van der Waals surface area contributed by atoms with Gasteiger partial charge < -0.3 is 9.64 Å². The molecule has 3 aromatic carbocycles. The van der Waals surface area contributed by atoms with Gasteiger partial charge in [0.25, 0.3) is 0 Å². The minimum absolute atomic E-state index is 0.0212. The topological polar surface area (TPSA) is 29.5 Å². The van der Waals surface area contributed by atoms with Crippen molar-refractivity contribution >= 4 is 12.2 Å². The summed E-state index contributed by atoms with van der Waals surface area (Å²) >= 11 is 0. The maximum absolute atomic E-state index is 12.6. The van der Waals surface area contributed by atoms with E-state index in [1.165, 1.54) is 33.4 Å². The fourth-order valence-corrected chi connectivity index (χ4v) is 5.09. The van der Waals surface area contributed by atoms with Crippen LogP contribution in [0.4, 0.5) is 4.79 Å². The second kappa shape index (κ2) is 8.22. The van der Waals surface area contributed by atoms with E-state index in [0.29, 0.717) is 13.1 Å². The molecule has 168 valence electrons. The van der Waals surface area contributed by atoms with Gasteiger partial charge in [0, 0.05) is 18.5 Å². The third kappa shape index (κ3) is 4.20. The number of rotatable bonds is 2. The molecule has 0 atom stereocenters. The highest BCUT2D eigenvalue weighted by molar-refractivity contribution is 5.87. The smallest absolute Gasteiger partial charge is 0.410 e. The second-order valence-corrected chi connectivity index (χ2v) is 10.2. The number of ether oxygens (including phenoxy) is 1. The summed E-state index contributed by atoms with van der Waals surface area (Å²) in [7, 11) is 0. The lowest BCUT2D eigenvalue weighted by Crippen LogP contribution is -2.45. The van der Waals surface area contributed by atoms with Crippen LogP contribution < -0.4 is 0 Å². The van der Waals surface area contributed by atoms with E-state index in [2.05, 4.69) is 84.9 Å². The molecule has 1 saturated heterocycles. The zero-order chi connectivity index (χ0) is 23.1. The van der Waals surface area contributed by atoms with Gasteiger partial charge in [0.1, 0.15) is 5.60 Å². The van der Waals surface area contributed by atoms with E-state index in [-0.39, 0.29) is 11.5 Å². The molecule has 0 N–H and O–H groups in total. The van der Waals surface area contributed by atoms with Gasteiger partial charge in [-0.15, -0.1) is 0 Å². The van der Waals surface area contributed by atoms with Crippen molar-refractivity contribution in [2.75, 3.05) is 13.1 Å². The molecule has 3 heteroatoms. The summed E-state index contributed by atoms with van der Waals surface area (Å²) in [6, 6.07) is 26.0. The largest absolute Gasteiger partial charge is 0.444 e. The highest BCUT2D eigenvalue weighted by Crippen LogP contribution is 2.47. The monoisotopic (exact) mass is 437 g/mol. The quantitative estimate of drug-likeness (QED) is 0.420. The molecule has 2 aliphatic rings. The average Bonchev–Trinajstić information content (AvgIpc) is 3.16. The minimum atomic E-state index is -0.468. The number of carbonyl (C=O) groups excluding carboxylic acids is 1. The van der Waals surface area contributed by atoms with Gasteiger partial charge in [0.2, 0.25) is 0 Å². The van der Waals surface area contributed by atoms with Crippen molar-refractivity contribution < 1.29 is 9.53 Å². The van der Waals surface area contributed by atoms with Crippen molar-refractivity contribution in [1.29, 1.82) is 0 Å². The van der Waals surface area contributed by atoms with Gasteiger partial charge in [-0.05, 0) is 79.1 Å². The second-order valence-electron chi connectivity index (χ2n) is 10.2. The fraction of sp³-hybridized carbons (Fsp3) is 0.300. The molecule has 33 heavy (non-hydrogen) atoms. The average molecular weight is 438 g/mol. The Balaban J connectivity index is 1.50. The standard InChI is InChI=1S/C30H31NO2/c1-29(2,3)33-28(32)31-18-16-30(17-19-31)15-14-24-20-25(22-10-6-4-7-11-22)26(21-27(24)30)23-12-8-5-9-13-23/h4-15,20-21H,16-19H2,1-3H3. The van der Waals surface area contributed by atoms with Crippen molar-refractivity contribution in [3.8, 4) is 22.3 Å². The Hall–Kier alpha value is -3.33. The van der Waals surface area contributed by atoms with E-state index in [1.54, 1.807) is 0 Å². The lowest BCUT2D eigenvalue weighted by molar-refractivity contribution is 0.0184. The molecular weight excluding hydrogens is 406 g/mol. The number of fused-ring (bicyclic) bond motifs is 2. The Bertz CT molecular complexity index is 1180. The maximum Gasteiger partial charge on any atom is 0.410 e. The lowest BCUT2D eigenvalue weighted by atomic mass is 9.73. The van der Waals surface area contributed by atoms with Crippen LogP contribution in [0.5, 0.6) is 0 Å². The third-order valence-electron chi connectivity index (χ3n) is 6.78. The molecule has 5 rings (SSSR count). The molecule has 1 amide bonds. The van der Waals surface area contributed by atoms with Gasteiger partial charge >= 0.3 is 6.09 Å². The van der Waals surface area contributed by atoms with Crippen molar-refractivity contribution in [3.05, 3.63) is 90.0 Å². The minimum Gasteiger partial charge on any atom is -0.444 e. The van der Waals surface area contributed by atoms with Crippen LogP contribution in [0.1, 0.15) is 44.7 Å². The number of carbonyl (C=O) groups is 1. The van der Waals surface area contributed by atoms with Gasteiger partial charge in [-0.25, -0.2) is 4.79 Å². The number of benzene rings is 3. The van der Waals surface area contributed by atoms with E-state index >= 15 is 0 Å². The molecule has 0 aromatic heterocycles. The van der Waals surface area contributed by atoms with Crippen LogP contribution in [-0.4, -0.2) is 29.7 Å². The summed E-state index contributed by atoms with van der Waals surface area (Å²) in [5, 5.41) is 0. The number of amides is 1. The maximum atomic E-state index is 12.6. The third-order valence-corrected chi connectivity index (χ3v) is 6.78. The molecule has 3 aromatic rings.